The fourth-order valence-corrected chi connectivity index (χ4v) is 3.12. The number of nitrogens with zero attached hydrogens (tertiary/aromatic N) is 1. The number of hydrogen-bond donors (Lipinski definition) is 1. The molecule has 2 rings (SSSR count). The molecule has 7 heteroatoms. The summed E-state index contributed by atoms with van der Waals surface area (Å²) in [5, 5.41) is 2.98. The highest BCUT2D eigenvalue weighted by Gasteiger charge is 2.20. The summed E-state index contributed by atoms with van der Waals surface area (Å²) in [4.78, 5) is 14.6. The summed E-state index contributed by atoms with van der Waals surface area (Å²) in [6.07, 6.45) is 0.817. The lowest BCUT2D eigenvalue weighted by Gasteiger charge is -2.29. The molecule has 0 fully saturated rings. The first-order valence-electron chi connectivity index (χ1n) is 9.40. The van der Waals surface area contributed by atoms with E-state index in [0.29, 0.717) is 6.54 Å². The minimum atomic E-state index is -3.55. The molecule has 0 saturated carbocycles. The summed E-state index contributed by atoms with van der Waals surface area (Å²) < 4.78 is 28.1. The van der Waals surface area contributed by atoms with Crippen molar-refractivity contribution in [2.24, 2.45) is 0 Å². The molecular weight excluding hydrogens is 376 g/mol. The second-order valence-electron chi connectivity index (χ2n) is 6.70. The van der Waals surface area contributed by atoms with Gasteiger partial charge in [-0.25, -0.2) is 4.79 Å². The largest absolute Gasteiger partial charge is 0.382 e. The fraction of sp³-hybridized carbons (Fsp3) is 0.381. The van der Waals surface area contributed by atoms with Gasteiger partial charge in [0.1, 0.15) is 5.75 Å². The van der Waals surface area contributed by atoms with Gasteiger partial charge in [-0.15, -0.1) is 0 Å². The first-order valence-corrected chi connectivity index (χ1v) is 11.0. The Balaban J connectivity index is 2.13. The number of aryl methyl sites for hydroxylation is 1. The van der Waals surface area contributed by atoms with Gasteiger partial charge in [-0.1, -0.05) is 37.3 Å². The number of hydrogen-bond acceptors (Lipinski definition) is 4. The average Bonchev–Trinajstić information content (AvgIpc) is 2.68. The van der Waals surface area contributed by atoms with E-state index in [9.17, 15) is 13.2 Å². The Morgan fingerprint density at radius 3 is 2.32 bits per heavy atom. The Hall–Kier alpha value is -2.54. The lowest BCUT2D eigenvalue weighted by Crippen LogP contribution is -2.40. The van der Waals surface area contributed by atoms with E-state index >= 15 is 0 Å². The first-order chi connectivity index (χ1) is 13.3. The van der Waals surface area contributed by atoms with Crippen LogP contribution in [0.1, 0.15) is 38.3 Å². The number of carbonyl (C=O) groups excluding carboxylic acids is 1. The van der Waals surface area contributed by atoms with Gasteiger partial charge >= 0.3 is 16.1 Å². The van der Waals surface area contributed by atoms with Crippen molar-refractivity contribution in [1.82, 2.24) is 4.90 Å². The Morgan fingerprint density at radius 2 is 1.75 bits per heavy atom. The van der Waals surface area contributed by atoms with E-state index in [-0.39, 0.29) is 23.6 Å². The molecule has 2 aromatic rings. The molecule has 1 N–H and O–H groups in total. The molecule has 0 bridgehead atoms. The Labute approximate surface area is 167 Å². The van der Waals surface area contributed by atoms with Crippen molar-refractivity contribution in [3.8, 4) is 5.75 Å². The van der Waals surface area contributed by atoms with Crippen LogP contribution in [0.4, 0.5) is 10.5 Å². The monoisotopic (exact) mass is 404 g/mol. The highest BCUT2D eigenvalue weighted by molar-refractivity contribution is 7.87. The Morgan fingerprint density at radius 1 is 1.11 bits per heavy atom. The van der Waals surface area contributed by atoms with E-state index in [1.54, 1.807) is 29.2 Å². The van der Waals surface area contributed by atoms with Crippen LogP contribution in [-0.2, 0) is 16.7 Å². The molecule has 6 nitrogen and oxygen atoms in total. The SMILES string of the molecule is CCC(C)N(Cc1ccc(OS(=O)(=O)CC)cc1)C(=O)Nc1ccccc1C. The van der Waals surface area contributed by atoms with Crippen LogP contribution >= 0.6 is 0 Å². The van der Waals surface area contributed by atoms with Gasteiger partial charge in [-0.3, -0.25) is 0 Å². The molecule has 0 spiro atoms. The van der Waals surface area contributed by atoms with Gasteiger partial charge in [0.15, 0.2) is 0 Å². The Bertz CT molecular complexity index is 895. The zero-order chi connectivity index (χ0) is 20.7. The van der Waals surface area contributed by atoms with E-state index in [1.807, 2.05) is 45.0 Å². The first kappa shape index (κ1) is 21.8. The van der Waals surface area contributed by atoms with Crippen LogP contribution in [0.15, 0.2) is 48.5 Å². The van der Waals surface area contributed by atoms with Gasteiger partial charge in [-0.2, -0.15) is 8.42 Å². The van der Waals surface area contributed by atoms with E-state index < -0.39 is 10.1 Å². The minimum absolute atomic E-state index is 0.0421. The van der Waals surface area contributed by atoms with Crippen LogP contribution in [0.25, 0.3) is 0 Å². The zero-order valence-electron chi connectivity index (χ0n) is 16.8. The van der Waals surface area contributed by atoms with Gasteiger partial charge < -0.3 is 14.4 Å². The summed E-state index contributed by atoms with van der Waals surface area (Å²) in [5.41, 5.74) is 2.68. The highest BCUT2D eigenvalue weighted by Crippen LogP contribution is 2.19. The van der Waals surface area contributed by atoms with Gasteiger partial charge in [-0.05, 0) is 56.5 Å². The van der Waals surface area contributed by atoms with Crippen molar-refractivity contribution in [3.63, 3.8) is 0 Å². The lowest BCUT2D eigenvalue weighted by molar-refractivity contribution is 0.187. The molecule has 0 saturated heterocycles. The van der Waals surface area contributed by atoms with Crippen LogP contribution in [-0.4, -0.2) is 31.1 Å². The molecule has 1 unspecified atom stereocenters. The van der Waals surface area contributed by atoms with Crippen LogP contribution < -0.4 is 9.50 Å². The third-order valence-electron chi connectivity index (χ3n) is 4.62. The van der Waals surface area contributed by atoms with Gasteiger partial charge in [0.2, 0.25) is 0 Å². The predicted molar refractivity (Wildman–Crippen MR) is 112 cm³/mol. The van der Waals surface area contributed by atoms with Gasteiger partial charge in [0.05, 0.1) is 5.75 Å². The maximum absolute atomic E-state index is 12.9. The zero-order valence-corrected chi connectivity index (χ0v) is 17.6. The van der Waals surface area contributed by atoms with E-state index in [0.717, 1.165) is 23.2 Å². The maximum Gasteiger partial charge on any atom is 0.322 e. The van der Waals surface area contributed by atoms with E-state index in [2.05, 4.69) is 5.32 Å². The van der Waals surface area contributed by atoms with Crippen LogP contribution in [0, 0.1) is 6.92 Å². The normalized spacial score (nSPS) is 12.3. The molecule has 2 amide bonds. The fourth-order valence-electron chi connectivity index (χ4n) is 2.60. The molecule has 2 aromatic carbocycles. The Kier molecular flexibility index (Phi) is 7.45. The number of carbonyl (C=O) groups is 1. The number of para-hydroxylation sites is 1. The summed E-state index contributed by atoms with van der Waals surface area (Å²) in [6.45, 7) is 7.93. The lowest BCUT2D eigenvalue weighted by atomic mass is 10.1. The molecule has 28 heavy (non-hydrogen) atoms. The standard InChI is InChI=1S/C21H28N2O4S/c1-5-17(4)23(21(24)22-20-10-8-7-9-16(20)3)15-18-11-13-19(14-12-18)27-28(25,26)6-2/h7-14,17H,5-6,15H2,1-4H3,(H,22,24). The number of rotatable bonds is 8. The second kappa shape index (κ2) is 9.59. The van der Waals surface area contributed by atoms with Crippen molar-refractivity contribution in [3.05, 3.63) is 59.7 Å². The molecule has 0 heterocycles. The molecule has 0 aliphatic heterocycles. The molecule has 1 atom stereocenters. The minimum Gasteiger partial charge on any atom is -0.382 e. The van der Waals surface area contributed by atoms with Crippen molar-refractivity contribution in [1.29, 1.82) is 0 Å². The molecule has 152 valence electrons. The molecular formula is C21H28N2O4S. The number of nitrogens with one attached hydrogen (secondary N) is 1. The molecule has 0 radical (unpaired) electrons. The maximum atomic E-state index is 12.9. The van der Waals surface area contributed by atoms with Crippen LogP contribution in [0.2, 0.25) is 0 Å². The number of anilines is 1. The van der Waals surface area contributed by atoms with Crippen LogP contribution in [0.5, 0.6) is 5.75 Å². The summed E-state index contributed by atoms with van der Waals surface area (Å²) in [6, 6.07) is 14.3. The second-order valence-corrected chi connectivity index (χ2v) is 8.56. The van der Waals surface area contributed by atoms with Crippen molar-refractivity contribution in [2.45, 2.75) is 46.7 Å². The molecule has 0 aliphatic carbocycles. The quantitative estimate of drug-likeness (QED) is 0.655. The highest BCUT2D eigenvalue weighted by atomic mass is 32.2. The molecule has 0 aromatic heterocycles. The van der Waals surface area contributed by atoms with Crippen molar-refractivity contribution in [2.75, 3.05) is 11.1 Å². The number of benzene rings is 2. The third kappa shape index (κ3) is 5.99. The van der Waals surface area contributed by atoms with E-state index in [1.165, 1.54) is 6.92 Å². The third-order valence-corrected chi connectivity index (χ3v) is 5.78. The van der Waals surface area contributed by atoms with Gasteiger partial charge in [0, 0.05) is 18.3 Å². The molecule has 0 aliphatic rings. The van der Waals surface area contributed by atoms with Crippen LogP contribution in [0.3, 0.4) is 0 Å². The smallest absolute Gasteiger partial charge is 0.322 e. The topological polar surface area (TPSA) is 75.7 Å². The van der Waals surface area contributed by atoms with Crippen molar-refractivity contribution < 1.29 is 17.4 Å². The van der Waals surface area contributed by atoms with Gasteiger partial charge in [0.25, 0.3) is 0 Å². The summed E-state index contributed by atoms with van der Waals surface area (Å²) in [5.74, 6) is 0.181. The van der Waals surface area contributed by atoms with E-state index in [4.69, 9.17) is 4.18 Å². The number of urea groups is 1. The average molecular weight is 405 g/mol. The summed E-state index contributed by atoms with van der Waals surface area (Å²) >= 11 is 0. The number of amides is 2. The predicted octanol–water partition coefficient (Wildman–Crippen LogP) is 4.56. The summed E-state index contributed by atoms with van der Waals surface area (Å²) in [7, 11) is -3.55. The van der Waals surface area contributed by atoms with Crippen molar-refractivity contribution >= 4 is 21.8 Å².